The van der Waals surface area contributed by atoms with Gasteiger partial charge in [-0.25, -0.2) is 0 Å². The van der Waals surface area contributed by atoms with Gasteiger partial charge in [-0.3, -0.25) is 9.69 Å². The van der Waals surface area contributed by atoms with E-state index in [1.807, 2.05) is 55.5 Å². The van der Waals surface area contributed by atoms with Crippen molar-refractivity contribution in [3.05, 3.63) is 105 Å². The number of hydrogen-bond donors (Lipinski definition) is 2. The van der Waals surface area contributed by atoms with Gasteiger partial charge in [-0.2, -0.15) is 0 Å². The minimum atomic E-state index is -1.26. The van der Waals surface area contributed by atoms with Gasteiger partial charge in [0.15, 0.2) is 5.72 Å². The summed E-state index contributed by atoms with van der Waals surface area (Å²) in [5.41, 5.74) is 0.773. The summed E-state index contributed by atoms with van der Waals surface area (Å²) in [6.07, 6.45) is 1.73. The number of carbonyl (C=O) groups is 1. The molecule has 1 fully saturated rings. The fraction of sp³-hybridized carbons (Fsp3) is 0.367. The number of rotatable bonds is 8. The zero-order valence-corrected chi connectivity index (χ0v) is 22.7. The third kappa shape index (κ3) is 4.58. The van der Waals surface area contributed by atoms with Gasteiger partial charge < -0.3 is 14.9 Å². The Morgan fingerprint density at radius 2 is 1.59 bits per heavy atom. The SMILES string of the molecule is CC(c1ccc(Cl)cc1)N1C(=O)c2cc(C(C)(C)O)ccc2C1(OCC1(CO)CC1)c1ccc(Cl)cc1. The fourth-order valence-corrected chi connectivity index (χ4v) is 5.37. The van der Waals surface area contributed by atoms with Crippen molar-refractivity contribution in [3.63, 3.8) is 0 Å². The lowest BCUT2D eigenvalue weighted by Crippen LogP contribution is -2.49. The molecule has 194 valence electrons. The summed E-state index contributed by atoms with van der Waals surface area (Å²) >= 11 is 12.4. The van der Waals surface area contributed by atoms with Crippen LogP contribution in [0, 0.1) is 5.41 Å². The van der Waals surface area contributed by atoms with E-state index >= 15 is 0 Å². The topological polar surface area (TPSA) is 70.0 Å². The number of aliphatic hydroxyl groups is 2. The average Bonchev–Trinajstić information content (AvgIpc) is 3.62. The highest BCUT2D eigenvalue weighted by atomic mass is 35.5. The quantitative estimate of drug-likeness (QED) is 0.346. The Morgan fingerprint density at radius 3 is 2.14 bits per heavy atom. The molecule has 0 spiro atoms. The van der Waals surface area contributed by atoms with E-state index < -0.39 is 11.3 Å². The molecule has 1 aliphatic heterocycles. The van der Waals surface area contributed by atoms with Crippen LogP contribution in [-0.4, -0.2) is 34.2 Å². The summed E-state index contributed by atoms with van der Waals surface area (Å²) in [5, 5.41) is 21.9. The highest BCUT2D eigenvalue weighted by Gasteiger charge is 2.56. The third-order valence-corrected chi connectivity index (χ3v) is 8.24. The maximum absolute atomic E-state index is 14.3. The molecule has 5 rings (SSSR count). The number of fused-ring (bicyclic) bond motifs is 1. The molecule has 2 atom stereocenters. The highest BCUT2D eigenvalue weighted by molar-refractivity contribution is 6.30. The van der Waals surface area contributed by atoms with E-state index in [-0.39, 0.29) is 30.6 Å². The van der Waals surface area contributed by atoms with Gasteiger partial charge in [0.05, 0.1) is 24.9 Å². The number of halogens is 2. The lowest BCUT2D eigenvalue weighted by atomic mass is 9.88. The van der Waals surface area contributed by atoms with Gasteiger partial charge in [0.2, 0.25) is 0 Å². The standard InChI is InChI=1S/C30H31Cl2NO4/c1-19(20-4-9-23(31)10-5-20)33-27(35)25-16-22(28(2,3)36)8-13-26(25)30(33,21-6-11-24(32)12-7-21)37-18-29(17-34)14-15-29/h4-13,16,19,34,36H,14-15,17-18H2,1-3H3. The van der Waals surface area contributed by atoms with Gasteiger partial charge in [-0.15, -0.1) is 0 Å². The molecule has 7 heteroatoms. The number of carbonyl (C=O) groups excluding carboxylic acids is 1. The molecule has 1 heterocycles. The molecular formula is C30H31Cl2NO4. The maximum atomic E-state index is 14.3. The van der Waals surface area contributed by atoms with E-state index in [1.54, 1.807) is 36.9 Å². The molecular weight excluding hydrogens is 509 g/mol. The van der Waals surface area contributed by atoms with Gasteiger partial charge >= 0.3 is 0 Å². The van der Waals surface area contributed by atoms with Crippen molar-refractivity contribution in [3.8, 4) is 0 Å². The van der Waals surface area contributed by atoms with E-state index in [0.29, 0.717) is 26.7 Å². The monoisotopic (exact) mass is 539 g/mol. The van der Waals surface area contributed by atoms with Crippen molar-refractivity contribution in [1.82, 2.24) is 4.90 Å². The molecule has 2 unspecified atom stereocenters. The predicted molar refractivity (Wildman–Crippen MR) is 145 cm³/mol. The summed E-state index contributed by atoms with van der Waals surface area (Å²) in [6, 6.07) is 19.9. The number of ether oxygens (including phenoxy) is 1. The van der Waals surface area contributed by atoms with Gasteiger partial charge in [0.1, 0.15) is 0 Å². The first-order chi connectivity index (χ1) is 17.5. The average molecular weight is 540 g/mol. The van der Waals surface area contributed by atoms with E-state index in [1.165, 1.54) is 0 Å². The second-order valence-corrected chi connectivity index (χ2v) is 11.7. The van der Waals surface area contributed by atoms with E-state index in [4.69, 9.17) is 27.9 Å². The van der Waals surface area contributed by atoms with Crippen LogP contribution in [0.2, 0.25) is 10.0 Å². The van der Waals surface area contributed by atoms with Crippen molar-refractivity contribution >= 4 is 29.1 Å². The summed E-state index contributed by atoms with van der Waals surface area (Å²) in [6.45, 7) is 5.67. The molecule has 3 aromatic carbocycles. The zero-order chi connectivity index (χ0) is 26.6. The smallest absolute Gasteiger partial charge is 0.257 e. The maximum Gasteiger partial charge on any atom is 0.257 e. The van der Waals surface area contributed by atoms with Crippen molar-refractivity contribution in [2.45, 2.75) is 51.0 Å². The largest absolute Gasteiger partial charge is 0.396 e. The molecule has 0 radical (unpaired) electrons. The lowest BCUT2D eigenvalue weighted by Gasteiger charge is -2.43. The summed E-state index contributed by atoms with van der Waals surface area (Å²) in [5.74, 6) is -0.202. The van der Waals surface area contributed by atoms with E-state index in [0.717, 1.165) is 24.0 Å². The first-order valence-corrected chi connectivity index (χ1v) is 13.2. The third-order valence-electron chi connectivity index (χ3n) is 7.73. The van der Waals surface area contributed by atoms with Crippen molar-refractivity contribution < 1.29 is 19.7 Å². The van der Waals surface area contributed by atoms with Crippen LogP contribution < -0.4 is 0 Å². The minimum Gasteiger partial charge on any atom is -0.396 e. The second-order valence-electron chi connectivity index (χ2n) is 10.8. The van der Waals surface area contributed by atoms with Gasteiger partial charge in [-0.1, -0.05) is 59.6 Å². The number of benzene rings is 3. The molecule has 2 aliphatic rings. The molecule has 1 aliphatic carbocycles. The molecule has 0 aromatic heterocycles. The fourth-order valence-electron chi connectivity index (χ4n) is 5.12. The molecule has 3 aromatic rings. The molecule has 1 amide bonds. The highest BCUT2D eigenvalue weighted by Crippen LogP contribution is 2.53. The molecule has 5 nitrogen and oxygen atoms in total. The van der Waals surface area contributed by atoms with Crippen LogP contribution in [0.3, 0.4) is 0 Å². The Bertz CT molecular complexity index is 1310. The summed E-state index contributed by atoms with van der Waals surface area (Å²) in [7, 11) is 0. The number of hydrogen-bond acceptors (Lipinski definition) is 4. The van der Waals surface area contributed by atoms with Crippen molar-refractivity contribution in [1.29, 1.82) is 0 Å². The van der Waals surface area contributed by atoms with E-state index in [9.17, 15) is 15.0 Å². The minimum absolute atomic E-state index is 0.0227. The Hall–Kier alpha value is -2.41. The second kappa shape index (κ2) is 9.40. The van der Waals surface area contributed by atoms with Crippen molar-refractivity contribution in [2.24, 2.45) is 5.41 Å². The van der Waals surface area contributed by atoms with Crippen LogP contribution in [0.25, 0.3) is 0 Å². The van der Waals surface area contributed by atoms with Crippen LogP contribution in [0.1, 0.15) is 72.3 Å². The number of nitrogens with zero attached hydrogens (tertiary/aromatic N) is 1. The zero-order valence-electron chi connectivity index (χ0n) is 21.2. The summed E-state index contributed by atoms with van der Waals surface area (Å²) < 4.78 is 6.85. The van der Waals surface area contributed by atoms with Crippen LogP contribution in [0.15, 0.2) is 66.7 Å². The first kappa shape index (κ1) is 26.2. The van der Waals surface area contributed by atoms with Crippen LogP contribution in [0.4, 0.5) is 0 Å². The molecule has 2 N–H and O–H groups in total. The van der Waals surface area contributed by atoms with Crippen LogP contribution in [0.5, 0.6) is 0 Å². The van der Waals surface area contributed by atoms with Crippen LogP contribution >= 0.6 is 23.2 Å². The van der Waals surface area contributed by atoms with Crippen LogP contribution in [-0.2, 0) is 16.1 Å². The Labute approximate surface area is 227 Å². The first-order valence-electron chi connectivity index (χ1n) is 12.5. The van der Waals surface area contributed by atoms with Crippen molar-refractivity contribution in [2.75, 3.05) is 13.2 Å². The number of amides is 1. The van der Waals surface area contributed by atoms with Gasteiger partial charge in [-0.05, 0) is 75.1 Å². The lowest BCUT2D eigenvalue weighted by molar-refractivity contribution is -0.137. The number of aliphatic hydroxyl groups excluding tert-OH is 1. The Kier molecular flexibility index (Phi) is 6.66. The van der Waals surface area contributed by atoms with E-state index in [2.05, 4.69) is 0 Å². The van der Waals surface area contributed by atoms with Gasteiger partial charge in [0.25, 0.3) is 5.91 Å². The molecule has 37 heavy (non-hydrogen) atoms. The Morgan fingerprint density at radius 1 is 1.00 bits per heavy atom. The summed E-state index contributed by atoms with van der Waals surface area (Å²) in [4.78, 5) is 16.1. The van der Waals surface area contributed by atoms with Gasteiger partial charge in [0, 0.05) is 32.2 Å². The molecule has 0 bridgehead atoms. The predicted octanol–water partition coefficient (Wildman–Crippen LogP) is 6.43. The Balaban J connectivity index is 1.74. The molecule has 1 saturated carbocycles. The normalized spacial score (nSPS) is 21.2. The molecule has 0 saturated heterocycles.